The molecule has 25 heavy (non-hydrogen) atoms. The molecule has 0 fully saturated rings. The molecule has 0 radical (unpaired) electrons. The van der Waals surface area contributed by atoms with Crippen molar-refractivity contribution in [2.24, 2.45) is 7.05 Å². The van der Waals surface area contributed by atoms with E-state index in [-0.39, 0.29) is 5.91 Å². The van der Waals surface area contributed by atoms with E-state index in [1.807, 2.05) is 59.4 Å². The number of rotatable bonds is 4. The molecule has 0 aliphatic heterocycles. The van der Waals surface area contributed by atoms with Crippen molar-refractivity contribution < 1.29 is 4.79 Å². The first kappa shape index (κ1) is 17.1. The molecule has 0 bridgehead atoms. The second-order valence-corrected chi connectivity index (χ2v) is 6.72. The Morgan fingerprint density at radius 2 is 2.00 bits per heavy atom. The number of aromatic nitrogens is 3. The van der Waals surface area contributed by atoms with Crippen molar-refractivity contribution in [3.63, 3.8) is 0 Å². The third kappa shape index (κ3) is 3.40. The van der Waals surface area contributed by atoms with E-state index in [2.05, 4.69) is 16.1 Å². The lowest BCUT2D eigenvalue weighted by molar-refractivity contribution is 0.0797. The molecule has 3 aromatic rings. The van der Waals surface area contributed by atoms with Crippen LogP contribution in [0.4, 0.5) is 0 Å². The van der Waals surface area contributed by atoms with Gasteiger partial charge in [-0.1, -0.05) is 11.6 Å². The summed E-state index contributed by atoms with van der Waals surface area (Å²) in [5.74, 6) is 0.0440. The highest BCUT2D eigenvalue weighted by Gasteiger charge is 2.20. The van der Waals surface area contributed by atoms with Crippen molar-refractivity contribution >= 4 is 16.8 Å². The lowest BCUT2D eigenvalue weighted by Gasteiger charge is -2.20. The maximum Gasteiger partial charge on any atom is 0.254 e. The molecule has 2 heterocycles. The molecule has 0 saturated carbocycles. The van der Waals surface area contributed by atoms with Crippen LogP contribution < -0.4 is 0 Å². The van der Waals surface area contributed by atoms with Crippen LogP contribution in [0.3, 0.4) is 0 Å². The van der Waals surface area contributed by atoms with Gasteiger partial charge in [0, 0.05) is 37.9 Å². The van der Waals surface area contributed by atoms with Crippen LogP contribution in [0.2, 0.25) is 0 Å². The van der Waals surface area contributed by atoms with Crippen molar-refractivity contribution in [1.29, 1.82) is 0 Å². The largest absolute Gasteiger partial charge is 0.341 e. The third-order valence-corrected chi connectivity index (χ3v) is 4.68. The van der Waals surface area contributed by atoms with Crippen LogP contribution >= 0.6 is 0 Å². The van der Waals surface area contributed by atoms with E-state index in [1.54, 1.807) is 9.58 Å². The predicted molar refractivity (Wildman–Crippen MR) is 99.8 cm³/mol. The van der Waals surface area contributed by atoms with Crippen LogP contribution in [0.25, 0.3) is 10.9 Å². The van der Waals surface area contributed by atoms with Gasteiger partial charge in [-0.15, -0.1) is 0 Å². The van der Waals surface area contributed by atoms with Crippen LogP contribution in [0.1, 0.15) is 32.7 Å². The smallest absolute Gasteiger partial charge is 0.254 e. The molecule has 1 amide bonds. The molecule has 5 nitrogen and oxygen atoms in total. The number of likely N-dealkylation sites (N-methyl/N-ethyl adjacent to an activating group) is 1. The Labute approximate surface area is 148 Å². The number of nitrogens with zero attached hydrogens (tertiary/aromatic N) is 4. The summed E-state index contributed by atoms with van der Waals surface area (Å²) in [6.45, 7) is 6.63. The Balaban J connectivity index is 1.92. The van der Waals surface area contributed by atoms with Crippen LogP contribution in [0.15, 0.2) is 30.6 Å². The van der Waals surface area contributed by atoms with Gasteiger partial charge in [-0.05, 0) is 50.5 Å². The standard InChI is InChI=1S/C20H24N4O/c1-13-6-7-18-17(10-13)19(14(2)15(3)22-18)20(25)23(4)9-8-16-11-21-24(5)12-16/h6-7,10-12H,8-9H2,1-5H3. The minimum atomic E-state index is 0.0440. The van der Waals surface area contributed by atoms with Crippen LogP contribution in [-0.4, -0.2) is 39.2 Å². The second-order valence-electron chi connectivity index (χ2n) is 6.72. The van der Waals surface area contributed by atoms with Crippen molar-refractivity contribution in [3.8, 4) is 0 Å². The average molecular weight is 336 g/mol. The van der Waals surface area contributed by atoms with E-state index < -0.39 is 0 Å². The Bertz CT molecular complexity index is 942. The zero-order valence-electron chi connectivity index (χ0n) is 15.5. The number of hydrogen-bond acceptors (Lipinski definition) is 3. The maximum atomic E-state index is 13.1. The lowest BCUT2D eigenvalue weighted by Crippen LogP contribution is -2.30. The second kappa shape index (κ2) is 6.67. The molecule has 0 atom stereocenters. The molecule has 0 N–H and O–H groups in total. The Kier molecular flexibility index (Phi) is 4.57. The maximum absolute atomic E-state index is 13.1. The van der Waals surface area contributed by atoms with Gasteiger partial charge in [0.05, 0.1) is 17.3 Å². The van der Waals surface area contributed by atoms with Crippen LogP contribution in [0.5, 0.6) is 0 Å². The monoisotopic (exact) mass is 336 g/mol. The molecule has 2 aromatic heterocycles. The van der Waals surface area contributed by atoms with E-state index in [4.69, 9.17) is 0 Å². The average Bonchev–Trinajstić information content (AvgIpc) is 2.99. The highest BCUT2D eigenvalue weighted by Crippen LogP contribution is 2.25. The molecule has 5 heteroatoms. The summed E-state index contributed by atoms with van der Waals surface area (Å²) in [4.78, 5) is 19.6. The molecule has 0 aliphatic rings. The van der Waals surface area contributed by atoms with E-state index in [1.165, 1.54) is 0 Å². The van der Waals surface area contributed by atoms with E-state index in [0.717, 1.165) is 45.3 Å². The fraction of sp³-hybridized carbons (Fsp3) is 0.350. The number of carbonyl (C=O) groups excluding carboxylic acids is 1. The molecule has 0 unspecified atom stereocenters. The topological polar surface area (TPSA) is 51.0 Å². The number of hydrogen-bond donors (Lipinski definition) is 0. The molecule has 3 rings (SSSR count). The van der Waals surface area contributed by atoms with Crippen molar-refractivity contribution in [2.45, 2.75) is 27.2 Å². The Morgan fingerprint density at radius 3 is 2.68 bits per heavy atom. The SMILES string of the molecule is Cc1ccc2nc(C)c(C)c(C(=O)N(C)CCc3cnn(C)c3)c2c1. The summed E-state index contributed by atoms with van der Waals surface area (Å²) in [6, 6.07) is 6.07. The molecule has 0 spiro atoms. The molecule has 130 valence electrons. The Hall–Kier alpha value is -2.69. The third-order valence-electron chi connectivity index (χ3n) is 4.68. The van der Waals surface area contributed by atoms with E-state index in [0.29, 0.717) is 6.54 Å². The minimum absolute atomic E-state index is 0.0440. The number of benzene rings is 1. The minimum Gasteiger partial charge on any atom is -0.341 e. The summed E-state index contributed by atoms with van der Waals surface area (Å²) >= 11 is 0. The number of amides is 1. The van der Waals surface area contributed by atoms with Gasteiger partial charge in [0.15, 0.2) is 0 Å². The van der Waals surface area contributed by atoms with Gasteiger partial charge in [0.2, 0.25) is 0 Å². The molecule has 1 aromatic carbocycles. The quantitative estimate of drug-likeness (QED) is 0.735. The lowest BCUT2D eigenvalue weighted by atomic mass is 9.99. The van der Waals surface area contributed by atoms with Gasteiger partial charge in [-0.3, -0.25) is 14.5 Å². The van der Waals surface area contributed by atoms with Crippen molar-refractivity contribution in [1.82, 2.24) is 19.7 Å². The predicted octanol–water partition coefficient (Wildman–Crippen LogP) is 3.21. The summed E-state index contributed by atoms with van der Waals surface area (Å²) in [6.07, 6.45) is 4.62. The zero-order chi connectivity index (χ0) is 18.1. The highest BCUT2D eigenvalue weighted by atomic mass is 16.2. The first-order valence-corrected chi connectivity index (χ1v) is 8.47. The normalized spacial score (nSPS) is 11.1. The van der Waals surface area contributed by atoms with E-state index in [9.17, 15) is 4.79 Å². The first-order chi connectivity index (χ1) is 11.9. The molecule has 0 saturated heterocycles. The van der Waals surface area contributed by atoms with Crippen LogP contribution in [0, 0.1) is 20.8 Å². The molecular formula is C20H24N4O. The van der Waals surface area contributed by atoms with Crippen LogP contribution in [-0.2, 0) is 13.5 Å². The van der Waals surface area contributed by atoms with Crippen molar-refractivity contribution in [3.05, 3.63) is 58.5 Å². The Morgan fingerprint density at radius 1 is 1.24 bits per heavy atom. The van der Waals surface area contributed by atoms with E-state index >= 15 is 0 Å². The summed E-state index contributed by atoms with van der Waals surface area (Å²) in [7, 11) is 3.76. The van der Waals surface area contributed by atoms with Gasteiger partial charge >= 0.3 is 0 Å². The molecular weight excluding hydrogens is 312 g/mol. The van der Waals surface area contributed by atoms with Crippen molar-refractivity contribution in [2.75, 3.05) is 13.6 Å². The fourth-order valence-electron chi connectivity index (χ4n) is 3.06. The number of pyridine rings is 1. The van der Waals surface area contributed by atoms with Gasteiger partial charge < -0.3 is 4.90 Å². The number of aryl methyl sites for hydroxylation is 3. The zero-order valence-corrected chi connectivity index (χ0v) is 15.5. The fourth-order valence-corrected chi connectivity index (χ4v) is 3.06. The van der Waals surface area contributed by atoms with Gasteiger partial charge in [0.25, 0.3) is 5.91 Å². The highest BCUT2D eigenvalue weighted by molar-refractivity contribution is 6.07. The van der Waals surface area contributed by atoms with Gasteiger partial charge in [-0.2, -0.15) is 5.10 Å². The summed E-state index contributed by atoms with van der Waals surface area (Å²) in [5.41, 5.74) is 5.75. The number of carbonyl (C=O) groups is 1. The van der Waals surface area contributed by atoms with Gasteiger partial charge in [0.1, 0.15) is 0 Å². The molecule has 0 aliphatic carbocycles. The first-order valence-electron chi connectivity index (χ1n) is 8.47. The van der Waals surface area contributed by atoms with Gasteiger partial charge in [-0.25, -0.2) is 0 Å². The number of fused-ring (bicyclic) bond motifs is 1. The summed E-state index contributed by atoms with van der Waals surface area (Å²) < 4.78 is 1.78. The summed E-state index contributed by atoms with van der Waals surface area (Å²) in [5, 5.41) is 5.11.